The summed E-state index contributed by atoms with van der Waals surface area (Å²) in [4.78, 5) is 0. The van der Waals surface area contributed by atoms with Crippen LogP contribution in [-0.2, 0) is 0 Å². The molecule has 0 aliphatic heterocycles. The third kappa shape index (κ3) is 3.49. The highest BCUT2D eigenvalue weighted by Crippen LogP contribution is 2.17. The van der Waals surface area contributed by atoms with E-state index in [-0.39, 0.29) is 0 Å². The van der Waals surface area contributed by atoms with E-state index in [2.05, 4.69) is 31.3 Å². The second-order valence-electron chi connectivity index (χ2n) is 3.82. The lowest BCUT2D eigenvalue weighted by molar-refractivity contribution is 0.548. The second kappa shape index (κ2) is 5.09. The van der Waals surface area contributed by atoms with E-state index in [4.69, 9.17) is 18.1 Å². The number of hydrogen-bond acceptors (Lipinski definition) is 2. The van der Waals surface area contributed by atoms with Crippen LogP contribution in [0.25, 0.3) is 0 Å². The zero-order valence-corrected chi connectivity index (χ0v) is 10.1. The summed E-state index contributed by atoms with van der Waals surface area (Å²) in [6, 6.07) is 8.19. The number of anilines is 1. The summed E-state index contributed by atoms with van der Waals surface area (Å²) in [7, 11) is 1.71. The van der Waals surface area contributed by atoms with Gasteiger partial charge >= 0.3 is 0 Å². The first-order chi connectivity index (χ1) is 7.00. The number of thiocarbonyl (C=S) groups is 1. The monoisotopic (exact) mass is 223 g/mol. The molecule has 0 amide bonds. The van der Waals surface area contributed by atoms with Crippen molar-refractivity contribution in [1.82, 2.24) is 5.01 Å². The normalized spacial score (nSPS) is 10.2. The number of nitrogens with two attached hydrogens (primary N) is 1. The zero-order valence-electron chi connectivity index (χ0n) is 9.32. The first-order valence-electron chi connectivity index (χ1n) is 4.90. The van der Waals surface area contributed by atoms with Gasteiger partial charge in [0, 0.05) is 12.7 Å². The molecule has 0 radical (unpaired) electrons. The minimum Gasteiger partial charge on any atom is -0.332 e. The lowest BCUT2D eigenvalue weighted by atomic mass is 10.0. The molecule has 1 aromatic rings. The van der Waals surface area contributed by atoms with Crippen molar-refractivity contribution >= 4 is 23.0 Å². The summed E-state index contributed by atoms with van der Waals surface area (Å²) in [5.74, 6) is 6.04. The summed E-state index contributed by atoms with van der Waals surface area (Å²) in [6.45, 7) is 4.33. The highest BCUT2D eigenvalue weighted by molar-refractivity contribution is 7.80. The van der Waals surface area contributed by atoms with Gasteiger partial charge in [0.2, 0.25) is 0 Å². The molecule has 0 heterocycles. The van der Waals surface area contributed by atoms with Gasteiger partial charge in [-0.1, -0.05) is 26.0 Å². The molecule has 82 valence electrons. The molecule has 3 nitrogen and oxygen atoms in total. The van der Waals surface area contributed by atoms with E-state index in [0.717, 1.165) is 5.69 Å². The van der Waals surface area contributed by atoms with Crippen LogP contribution in [0.4, 0.5) is 5.69 Å². The third-order valence-corrected chi connectivity index (χ3v) is 2.54. The molecule has 0 aromatic heterocycles. The largest absolute Gasteiger partial charge is 0.332 e. The van der Waals surface area contributed by atoms with E-state index in [1.165, 1.54) is 10.6 Å². The molecule has 0 fully saturated rings. The standard InChI is InChI=1S/C11H17N3S/c1-8(2)9-4-6-10(7-5-9)13-11(15)14(3)12/h4-8H,12H2,1-3H3,(H,13,15). The number of nitrogens with zero attached hydrogens (tertiary/aromatic N) is 1. The highest BCUT2D eigenvalue weighted by Gasteiger charge is 2.01. The van der Waals surface area contributed by atoms with Gasteiger partial charge in [-0.15, -0.1) is 0 Å². The first-order valence-corrected chi connectivity index (χ1v) is 5.31. The van der Waals surface area contributed by atoms with Crippen LogP contribution in [-0.4, -0.2) is 17.2 Å². The van der Waals surface area contributed by atoms with Gasteiger partial charge in [-0.25, -0.2) is 5.84 Å². The summed E-state index contributed by atoms with van der Waals surface area (Å²) in [5, 5.41) is 4.93. The Balaban J connectivity index is 2.69. The Morgan fingerprint density at radius 2 is 1.87 bits per heavy atom. The lowest BCUT2D eigenvalue weighted by Crippen LogP contribution is -2.36. The highest BCUT2D eigenvalue weighted by atomic mass is 32.1. The van der Waals surface area contributed by atoms with Gasteiger partial charge in [-0.05, 0) is 35.8 Å². The van der Waals surface area contributed by atoms with Crippen LogP contribution in [0.2, 0.25) is 0 Å². The second-order valence-corrected chi connectivity index (χ2v) is 4.20. The van der Waals surface area contributed by atoms with E-state index in [1.54, 1.807) is 7.05 Å². The maximum absolute atomic E-state index is 5.49. The minimum atomic E-state index is 0.507. The predicted octanol–water partition coefficient (Wildman–Crippen LogP) is 2.31. The SMILES string of the molecule is CC(C)c1ccc(NC(=S)N(C)N)cc1. The molecule has 0 spiro atoms. The van der Waals surface area contributed by atoms with Crippen molar-refractivity contribution in [3.8, 4) is 0 Å². The number of hydrazine groups is 1. The number of benzene rings is 1. The Morgan fingerprint density at radius 3 is 2.27 bits per heavy atom. The Kier molecular flexibility index (Phi) is 4.05. The van der Waals surface area contributed by atoms with Crippen molar-refractivity contribution in [2.24, 2.45) is 5.84 Å². The Morgan fingerprint density at radius 1 is 1.33 bits per heavy atom. The van der Waals surface area contributed by atoms with Gasteiger partial charge < -0.3 is 5.32 Å². The molecule has 1 aromatic carbocycles. The van der Waals surface area contributed by atoms with E-state index in [9.17, 15) is 0 Å². The topological polar surface area (TPSA) is 41.3 Å². The number of hydrogen-bond donors (Lipinski definition) is 2. The van der Waals surface area contributed by atoms with E-state index in [1.807, 2.05) is 12.1 Å². The molecular formula is C11H17N3S. The molecular weight excluding hydrogens is 206 g/mol. The maximum atomic E-state index is 5.49. The van der Waals surface area contributed by atoms with Gasteiger partial charge in [0.15, 0.2) is 5.11 Å². The minimum absolute atomic E-state index is 0.507. The summed E-state index contributed by atoms with van der Waals surface area (Å²) < 4.78 is 0. The van der Waals surface area contributed by atoms with Crippen molar-refractivity contribution in [3.05, 3.63) is 29.8 Å². The van der Waals surface area contributed by atoms with Gasteiger partial charge in [0.25, 0.3) is 0 Å². The van der Waals surface area contributed by atoms with Crippen LogP contribution in [0.5, 0.6) is 0 Å². The molecule has 3 N–H and O–H groups in total. The average molecular weight is 223 g/mol. The quantitative estimate of drug-likeness (QED) is 0.458. The molecule has 0 saturated carbocycles. The van der Waals surface area contributed by atoms with Crippen LogP contribution in [0.1, 0.15) is 25.3 Å². The molecule has 1 rings (SSSR count). The van der Waals surface area contributed by atoms with Crippen molar-refractivity contribution in [2.45, 2.75) is 19.8 Å². The first kappa shape index (κ1) is 11.9. The Bertz CT molecular complexity index is 330. The van der Waals surface area contributed by atoms with Gasteiger partial charge in [0.1, 0.15) is 0 Å². The summed E-state index contributed by atoms with van der Waals surface area (Å²) in [6.07, 6.45) is 0. The van der Waals surface area contributed by atoms with Crippen molar-refractivity contribution < 1.29 is 0 Å². The van der Waals surface area contributed by atoms with Crippen molar-refractivity contribution in [1.29, 1.82) is 0 Å². The van der Waals surface area contributed by atoms with Gasteiger partial charge in [-0.2, -0.15) is 0 Å². The maximum Gasteiger partial charge on any atom is 0.187 e. The van der Waals surface area contributed by atoms with Crippen LogP contribution >= 0.6 is 12.2 Å². The van der Waals surface area contributed by atoms with Gasteiger partial charge in [-0.3, -0.25) is 5.01 Å². The van der Waals surface area contributed by atoms with E-state index >= 15 is 0 Å². The molecule has 4 heteroatoms. The Hall–Kier alpha value is -1.13. The van der Waals surface area contributed by atoms with Crippen molar-refractivity contribution in [2.75, 3.05) is 12.4 Å². The Labute approximate surface area is 96.2 Å². The zero-order chi connectivity index (χ0) is 11.4. The fourth-order valence-electron chi connectivity index (χ4n) is 1.16. The van der Waals surface area contributed by atoms with Crippen LogP contribution in [0.15, 0.2) is 24.3 Å². The van der Waals surface area contributed by atoms with Crippen LogP contribution in [0.3, 0.4) is 0 Å². The summed E-state index contributed by atoms with van der Waals surface area (Å²) in [5.41, 5.74) is 2.27. The van der Waals surface area contributed by atoms with Crippen LogP contribution in [0, 0.1) is 0 Å². The predicted molar refractivity (Wildman–Crippen MR) is 68.7 cm³/mol. The summed E-state index contributed by atoms with van der Waals surface area (Å²) >= 11 is 5.03. The van der Waals surface area contributed by atoms with Crippen molar-refractivity contribution in [3.63, 3.8) is 0 Å². The molecule has 0 unspecified atom stereocenters. The molecule has 0 aliphatic carbocycles. The molecule has 15 heavy (non-hydrogen) atoms. The molecule has 0 atom stereocenters. The molecule has 0 saturated heterocycles. The fraction of sp³-hybridized carbons (Fsp3) is 0.364. The van der Waals surface area contributed by atoms with E-state index in [0.29, 0.717) is 11.0 Å². The molecule has 0 bridgehead atoms. The third-order valence-electron chi connectivity index (χ3n) is 2.15. The van der Waals surface area contributed by atoms with Crippen LogP contribution < -0.4 is 11.2 Å². The average Bonchev–Trinajstić information content (AvgIpc) is 2.18. The number of nitrogens with one attached hydrogen (secondary N) is 1. The lowest BCUT2D eigenvalue weighted by Gasteiger charge is -2.15. The smallest absolute Gasteiger partial charge is 0.187 e. The number of rotatable bonds is 2. The molecule has 0 aliphatic rings. The van der Waals surface area contributed by atoms with Gasteiger partial charge in [0.05, 0.1) is 0 Å². The van der Waals surface area contributed by atoms with E-state index < -0.39 is 0 Å². The fourth-order valence-corrected chi connectivity index (χ4v) is 1.28.